The molecule has 0 fully saturated rings. The van der Waals surface area contributed by atoms with Gasteiger partial charge in [-0.15, -0.1) is 0 Å². The zero-order valence-electron chi connectivity index (χ0n) is 19.5. The molecule has 32 heavy (non-hydrogen) atoms. The van der Waals surface area contributed by atoms with Crippen LogP contribution in [0.25, 0.3) is 0 Å². The van der Waals surface area contributed by atoms with Crippen LogP contribution in [0.1, 0.15) is 51.0 Å². The lowest BCUT2D eigenvalue weighted by Gasteiger charge is -2.19. The average Bonchev–Trinajstić information content (AvgIpc) is 2.82. The summed E-state index contributed by atoms with van der Waals surface area (Å²) in [6, 6.07) is 16.0. The molecule has 2 N–H and O–H groups in total. The monoisotopic (exact) mass is 441 g/mol. The van der Waals surface area contributed by atoms with Crippen LogP contribution in [0.3, 0.4) is 0 Å². The molecule has 2 rings (SSSR count). The minimum Gasteiger partial charge on any atom is -0.494 e. The first-order valence-corrected chi connectivity index (χ1v) is 11.9. The number of rotatable bonds is 17. The van der Waals surface area contributed by atoms with E-state index in [0.717, 1.165) is 55.8 Å². The number of aliphatic hydroxyl groups excluding tert-OH is 2. The van der Waals surface area contributed by atoms with Gasteiger partial charge in [0.25, 0.3) is 0 Å². The van der Waals surface area contributed by atoms with Crippen molar-refractivity contribution >= 4 is 11.4 Å². The lowest BCUT2D eigenvalue weighted by molar-refractivity contribution is 0.159. The van der Waals surface area contributed by atoms with Gasteiger partial charge < -0.3 is 14.9 Å². The van der Waals surface area contributed by atoms with E-state index in [1.807, 2.05) is 36.4 Å². The fourth-order valence-corrected chi connectivity index (χ4v) is 3.43. The zero-order chi connectivity index (χ0) is 22.9. The van der Waals surface area contributed by atoms with Crippen molar-refractivity contribution in [2.75, 3.05) is 39.5 Å². The third-order valence-electron chi connectivity index (χ3n) is 5.34. The smallest absolute Gasteiger partial charge is 0.119 e. The van der Waals surface area contributed by atoms with Gasteiger partial charge in [-0.25, -0.2) is 0 Å². The van der Waals surface area contributed by atoms with E-state index >= 15 is 0 Å². The molecule has 2 aromatic carbocycles. The van der Waals surface area contributed by atoms with Crippen LogP contribution in [-0.4, -0.2) is 54.6 Å². The van der Waals surface area contributed by atoms with E-state index in [0.29, 0.717) is 19.7 Å². The maximum Gasteiger partial charge on any atom is 0.119 e. The first kappa shape index (κ1) is 26.0. The van der Waals surface area contributed by atoms with Gasteiger partial charge in [-0.2, -0.15) is 10.2 Å². The van der Waals surface area contributed by atoms with E-state index < -0.39 is 0 Å². The quantitative estimate of drug-likeness (QED) is 0.245. The summed E-state index contributed by atoms with van der Waals surface area (Å²) in [5, 5.41) is 26.7. The summed E-state index contributed by atoms with van der Waals surface area (Å²) in [5.41, 5.74) is 3.02. The molecule has 2 aromatic rings. The van der Waals surface area contributed by atoms with Crippen molar-refractivity contribution in [1.82, 2.24) is 4.90 Å². The summed E-state index contributed by atoms with van der Waals surface area (Å²) in [6.07, 6.45) is 7.84. The van der Waals surface area contributed by atoms with Crippen LogP contribution >= 0.6 is 0 Å². The van der Waals surface area contributed by atoms with Gasteiger partial charge in [0.05, 0.1) is 31.2 Å². The van der Waals surface area contributed by atoms with Gasteiger partial charge in [0.1, 0.15) is 5.75 Å². The van der Waals surface area contributed by atoms with Crippen LogP contribution in [0.5, 0.6) is 5.75 Å². The minimum atomic E-state index is 0.139. The van der Waals surface area contributed by atoms with Crippen molar-refractivity contribution in [2.45, 2.75) is 51.9 Å². The summed E-state index contributed by atoms with van der Waals surface area (Å²) >= 11 is 0. The number of ether oxygens (including phenoxy) is 1. The number of azo groups is 1. The molecule has 6 nitrogen and oxygen atoms in total. The van der Waals surface area contributed by atoms with Gasteiger partial charge in [-0.1, -0.05) is 38.3 Å². The molecule has 0 amide bonds. The molecule has 0 saturated heterocycles. The molecule has 0 aliphatic carbocycles. The maximum absolute atomic E-state index is 9.03. The SMILES string of the molecule is CCCCc1ccc(N=Nc2ccc(OCCCCCCN(CCO)CCO)cc2)cc1. The van der Waals surface area contributed by atoms with Crippen LogP contribution < -0.4 is 4.74 Å². The van der Waals surface area contributed by atoms with Crippen LogP contribution in [-0.2, 0) is 6.42 Å². The Morgan fingerprint density at radius 3 is 1.91 bits per heavy atom. The molecule has 0 aliphatic rings. The molecule has 0 spiro atoms. The third kappa shape index (κ3) is 10.8. The molecule has 0 unspecified atom stereocenters. The number of aryl methyl sites for hydroxylation is 1. The standard InChI is InChI=1S/C26H39N3O3/c1-2-3-8-23-9-11-24(12-10-23)27-28-25-13-15-26(16-14-25)32-22-7-5-4-6-17-29(18-20-30)19-21-31/h9-16,30-31H,2-8,17-22H2,1H3. The fraction of sp³-hybridized carbons (Fsp3) is 0.538. The average molecular weight is 442 g/mol. The van der Waals surface area contributed by atoms with Crippen molar-refractivity contribution in [3.05, 3.63) is 54.1 Å². The number of unbranched alkanes of at least 4 members (excludes halogenated alkanes) is 4. The summed E-state index contributed by atoms with van der Waals surface area (Å²) in [7, 11) is 0. The lowest BCUT2D eigenvalue weighted by atomic mass is 10.1. The van der Waals surface area contributed by atoms with Crippen molar-refractivity contribution in [3.63, 3.8) is 0 Å². The number of aliphatic hydroxyl groups is 2. The van der Waals surface area contributed by atoms with E-state index in [1.54, 1.807) is 0 Å². The van der Waals surface area contributed by atoms with Crippen LogP contribution in [0.2, 0.25) is 0 Å². The van der Waals surface area contributed by atoms with Gasteiger partial charge in [0, 0.05) is 13.1 Å². The first-order chi connectivity index (χ1) is 15.7. The van der Waals surface area contributed by atoms with Crippen molar-refractivity contribution in [1.29, 1.82) is 0 Å². The molecule has 176 valence electrons. The van der Waals surface area contributed by atoms with Gasteiger partial charge in [-0.05, 0) is 74.2 Å². The second kappa shape index (κ2) is 16.4. The molecular weight excluding hydrogens is 402 g/mol. The van der Waals surface area contributed by atoms with Crippen molar-refractivity contribution < 1.29 is 14.9 Å². The molecule has 0 aromatic heterocycles. The summed E-state index contributed by atoms with van der Waals surface area (Å²) in [5.74, 6) is 0.848. The normalized spacial score (nSPS) is 11.5. The number of hydrogen-bond acceptors (Lipinski definition) is 6. The minimum absolute atomic E-state index is 0.139. The highest BCUT2D eigenvalue weighted by atomic mass is 16.5. The van der Waals surface area contributed by atoms with Crippen molar-refractivity contribution in [2.24, 2.45) is 10.2 Å². The van der Waals surface area contributed by atoms with E-state index in [9.17, 15) is 0 Å². The highest BCUT2D eigenvalue weighted by Gasteiger charge is 2.03. The Labute approximate surface area is 193 Å². The molecule has 0 bridgehead atoms. The van der Waals surface area contributed by atoms with E-state index in [2.05, 4.69) is 34.2 Å². The molecule has 0 saturated carbocycles. The fourth-order valence-electron chi connectivity index (χ4n) is 3.43. The Kier molecular flexibility index (Phi) is 13.3. The van der Waals surface area contributed by atoms with E-state index in [-0.39, 0.29) is 13.2 Å². The van der Waals surface area contributed by atoms with Gasteiger partial charge >= 0.3 is 0 Å². The Morgan fingerprint density at radius 1 is 0.719 bits per heavy atom. The first-order valence-electron chi connectivity index (χ1n) is 11.9. The van der Waals surface area contributed by atoms with E-state index in [4.69, 9.17) is 14.9 Å². The number of benzene rings is 2. The van der Waals surface area contributed by atoms with Gasteiger partial charge in [0.2, 0.25) is 0 Å². The summed E-state index contributed by atoms with van der Waals surface area (Å²) < 4.78 is 5.83. The molecule has 0 aliphatic heterocycles. The zero-order valence-corrected chi connectivity index (χ0v) is 19.5. The summed E-state index contributed by atoms with van der Waals surface area (Å²) in [6.45, 7) is 5.36. The van der Waals surface area contributed by atoms with E-state index in [1.165, 1.54) is 18.4 Å². The third-order valence-corrected chi connectivity index (χ3v) is 5.34. The second-order valence-electron chi connectivity index (χ2n) is 8.02. The topological polar surface area (TPSA) is 77.7 Å². The molecular formula is C26H39N3O3. The highest BCUT2D eigenvalue weighted by molar-refractivity contribution is 5.43. The predicted octanol–water partition coefficient (Wildman–Crippen LogP) is 5.67. The van der Waals surface area contributed by atoms with Gasteiger partial charge in [-0.3, -0.25) is 4.90 Å². The van der Waals surface area contributed by atoms with Gasteiger partial charge in [0.15, 0.2) is 0 Å². The number of hydrogen-bond donors (Lipinski definition) is 2. The summed E-state index contributed by atoms with van der Waals surface area (Å²) in [4.78, 5) is 2.10. The van der Waals surface area contributed by atoms with Crippen LogP contribution in [0.15, 0.2) is 58.8 Å². The maximum atomic E-state index is 9.03. The van der Waals surface area contributed by atoms with Crippen molar-refractivity contribution in [3.8, 4) is 5.75 Å². The Balaban J connectivity index is 1.63. The molecule has 0 radical (unpaired) electrons. The second-order valence-corrected chi connectivity index (χ2v) is 8.02. The molecule has 0 heterocycles. The predicted molar refractivity (Wildman–Crippen MR) is 130 cm³/mol. The lowest BCUT2D eigenvalue weighted by Crippen LogP contribution is -2.30. The Bertz CT molecular complexity index is 742. The Morgan fingerprint density at radius 2 is 1.31 bits per heavy atom. The Hall–Kier alpha value is -2.28. The highest BCUT2D eigenvalue weighted by Crippen LogP contribution is 2.22. The molecule has 6 heteroatoms. The molecule has 0 atom stereocenters. The number of nitrogens with zero attached hydrogens (tertiary/aromatic N) is 3. The van der Waals surface area contributed by atoms with Crippen LogP contribution in [0, 0.1) is 0 Å². The van der Waals surface area contributed by atoms with Crippen LogP contribution in [0.4, 0.5) is 11.4 Å². The largest absolute Gasteiger partial charge is 0.494 e.